The molecule has 1 heterocycles. The molecule has 2 rings (SSSR count). The predicted octanol–water partition coefficient (Wildman–Crippen LogP) is 1.15. The Labute approximate surface area is 159 Å². The number of amides is 3. The van der Waals surface area contributed by atoms with Crippen LogP contribution in [-0.4, -0.2) is 55.0 Å². The molecule has 0 radical (unpaired) electrons. The fraction of sp³-hybridized carbons (Fsp3) is 0.438. The van der Waals surface area contributed by atoms with E-state index in [-0.39, 0.29) is 49.7 Å². The molecule has 0 spiro atoms. The molecule has 1 aromatic rings. The predicted molar refractivity (Wildman–Crippen MR) is 94.4 cm³/mol. The average Bonchev–Trinajstić information content (AvgIpc) is 2.92. The van der Waals surface area contributed by atoms with Crippen molar-refractivity contribution in [3.05, 3.63) is 29.8 Å². The first kappa shape index (κ1) is 22.7. The number of hydrogen-bond donors (Lipinski definition) is 3. The number of anilines is 1. The summed E-state index contributed by atoms with van der Waals surface area (Å²) in [5.41, 5.74) is 5.74. The number of carbonyl (C=O) groups is 3. The van der Waals surface area contributed by atoms with Gasteiger partial charge in [-0.1, -0.05) is 12.1 Å². The number of rotatable bonds is 6. The Hall–Kier alpha value is -2.33. The molecule has 1 saturated heterocycles. The van der Waals surface area contributed by atoms with E-state index in [2.05, 4.69) is 10.6 Å². The van der Waals surface area contributed by atoms with Crippen molar-refractivity contribution in [2.75, 3.05) is 31.5 Å². The van der Waals surface area contributed by atoms with E-state index < -0.39 is 36.4 Å². The normalized spacial score (nSPS) is 16.7. The van der Waals surface area contributed by atoms with E-state index >= 15 is 0 Å². The van der Waals surface area contributed by atoms with Gasteiger partial charge in [0.2, 0.25) is 11.8 Å². The monoisotopic (exact) mass is 408 g/mol. The highest BCUT2D eigenvalue weighted by molar-refractivity contribution is 6.05. The maximum Gasteiger partial charge on any atom is 0.406 e. The summed E-state index contributed by atoms with van der Waals surface area (Å²) < 4.78 is 37.4. The van der Waals surface area contributed by atoms with Crippen molar-refractivity contribution in [1.82, 2.24) is 10.2 Å². The van der Waals surface area contributed by atoms with Crippen LogP contribution in [0.15, 0.2) is 24.3 Å². The van der Waals surface area contributed by atoms with Crippen LogP contribution in [0.1, 0.15) is 16.8 Å². The van der Waals surface area contributed by atoms with Gasteiger partial charge in [-0.05, 0) is 12.1 Å². The van der Waals surface area contributed by atoms with Crippen molar-refractivity contribution < 1.29 is 27.6 Å². The van der Waals surface area contributed by atoms with Crippen LogP contribution >= 0.6 is 12.4 Å². The second kappa shape index (κ2) is 9.56. The molecule has 1 atom stereocenters. The standard InChI is InChI=1S/C16H19F3N4O3.ClH/c17-16(18,19)9-23-8-10(7-13(23)24)14(25)22-12-4-2-1-3-11(12)15(26)21-6-5-20;/h1-4,10H,5-9,20H2,(H,21,26)(H,22,25);1H. The van der Waals surface area contributed by atoms with E-state index in [1.54, 1.807) is 12.1 Å². The Bertz CT molecular complexity index is 700. The van der Waals surface area contributed by atoms with Gasteiger partial charge < -0.3 is 21.3 Å². The summed E-state index contributed by atoms with van der Waals surface area (Å²) in [6.07, 6.45) is -4.82. The Morgan fingerprint density at radius 1 is 1.26 bits per heavy atom. The van der Waals surface area contributed by atoms with Crippen LogP contribution in [0.3, 0.4) is 0 Å². The number of carbonyl (C=O) groups excluding carboxylic acids is 3. The number of alkyl halides is 3. The van der Waals surface area contributed by atoms with E-state index in [0.29, 0.717) is 4.90 Å². The van der Waals surface area contributed by atoms with Crippen LogP contribution in [0.25, 0.3) is 0 Å². The fourth-order valence-corrected chi connectivity index (χ4v) is 2.62. The molecule has 27 heavy (non-hydrogen) atoms. The minimum Gasteiger partial charge on any atom is -0.351 e. The lowest BCUT2D eigenvalue weighted by molar-refractivity contribution is -0.157. The zero-order valence-electron chi connectivity index (χ0n) is 14.2. The quantitative estimate of drug-likeness (QED) is 0.656. The Morgan fingerprint density at radius 2 is 1.93 bits per heavy atom. The number of para-hydroxylation sites is 1. The molecule has 1 aromatic carbocycles. The molecule has 11 heteroatoms. The molecular formula is C16H20ClF3N4O3. The summed E-state index contributed by atoms with van der Waals surface area (Å²) in [5, 5.41) is 5.09. The van der Waals surface area contributed by atoms with Gasteiger partial charge in [0.25, 0.3) is 5.91 Å². The number of likely N-dealkylation sites (tertiary alicyclic amines) is 1. The number of halogens is 4. The number of hydrogen-bond acceptors (Lipinski definition) is 4. The largest absolute Gasteiger partial charge is 0.406 e. The Morgan fingerprint density at radius 3 is 2.56 bits per heavy atom. The third-order valence-electron chi connectivity index (χ3n) is 3.81. The Balaban J connectivity index is 0.00000364. The van der Waals surface area contributed by atoms with E-state index in [0.717, 1.165) is 0 Å². The number of nitrogens with two attached hydrogens (primary N) is 1. The van der Waals surface area contributed by atoms with Crippen LogP contribution in [0.5, 0.6) is 0 Å². The van der Waals surface area contributed by atoms with Gasteiger partial charge in [-0.2, -0.15) is 13.2 Å². The van der Waals surface area contributed by atoms with Gasteiger partial charge in [-0.15, -0.1) is 12.4 Å². The minimum atomic E-state index is -4.52. The van der Waals surface area contributed by atoms with Crippen molar-refractivity contribution in [3.63, 3.8) is 0 Å². The Kier molecular flexibility index (Phi) is 8.04. The zero-order valence-corrected chi connectivity index (χ0v) is 15.0. The second-order valence-electron chi connectivity index (χ2n) is 5.87. The van der Waals surface area contributed by atoms with Gasteiger partial charge in [-0.3, -0.25) is 14.4 Å². The summed E-state index contributed by atoms with van der Waals surface area (Å²) in [7, 11) is 0. The van der Waals surface area contributed by atoms with Crippen LogP contribution in [0.4, 0.5) is 18.9 Å². The van der Waals surface area contributed by atoms with Gasteiger partial charge in [0.15, 0.2) is 0 Å². The zero-order chi connectivity index (χ0) is 19.3. The van der Waals surface area contributed by atoms with Crippen LogP contribution in [0, 0.1) is 5.92 Å². The molecule has 0 aromatic heterocycles. The van der Waals surface area contributed by atoms with Crippen molar-refractivity contribution >= 4 is 35.8 Å². The van der Waals surface area contributed by atoms with Crippen LogP contribution < -0.4 is 16.4 Å². The molecule has 0 bridgehead atoms. The molecule has 4 N–H and O–H groups in total. The van der Waals surface area contributed by atoms with Crippen LogP contribution in [0.2, 0.25) is 0 Å². The highest BCUT2D eigenvalue weighted by Crippen LogP contribution is 2.25. The van der Waals surface area contributed by atoms with Crippen molar-refractivity contribution in [3.8, 4) is 0 Å². The topological polar surface area (TPSA) is 105 Å². The second-order valence-corrected chi connectivity index (χ2v) is 5.87. The molecule has 3 amide bonds. The molecule has 7 nitrogen and oxygen atoms in total. The van der Waals surface area contributed by atoms with Gasteiger partial charge in [-0.25, -0.2) is 0 Å². The lowest BCUT2D eigenvalue weighted by atomic mass is 10.1. The smallest absolute Gasteiger partial charge is 0.351 e. The maximum absolute atomic E-state index is 12.5. The first-order chi connectivity index (χ1) is 12.2. The first-order valence-corrected chi connectivity index (χ1v) is 7.94. The van der Waals surface area contributed by atoms with E-state index in [1.807, 2.05) is 0 Å². The fourth-order valence-electron chi connectivity index (χ4n) is 2.62. The number of nitrogens with zero attached hydrogens (tertiary/aromatic N) is 1. The van der Waals surface area contributed by atoms with Gasteiger partial charge in [0.1, 0.15) is 6.54 Å². The maximum atomic E-state index is 12.5. The van der Waals surface area contributed by atoms with Crippen molar-refractivity contribution in [1.29, 1.82) is 0 Å². The SMILES string of the molecule is Cl.NCCNC(=O)c1ccccc1NC(=O)C1CC(=O)N(CC(F)(F)F)C1. The van der Waals surface area contributed by atoms with Gasteiger partial charge in [0, 0.05) is 26.1 Å². The summed E-state index contributed by atoms with van der Waals surface area (Å²) in [6, 6.07) is 6.21. The minimum absolute atomic E-state index is 0. The molecule has 0 saturated carbocycles. The number of benzene rings is 1. The third kappa shape index (κ3) is 6.40. The molecular weight excluding hydrogens is 389 g/mol. The number of nitrogens with one attached hydrogen (secondary N) is 2. The highest BCUT2D eigenvalue weighted by atomic mass is 35.5. The highest BCUT2D eigenvalue weighted by Gasteiger charge is 2.40. The van der Waals surface area contributed by atoms with E-state index in [4.69, 9.17) is 5.73 Å². The molecule has 1 unspecified atom stereocenters. The molecule has 150 valence electrons. The van der Waals surface area contributed by atoms with Gasteiger partial charge >= 0.3 is 6.18 Å². The molecule has 1 aliphatic rings. The summed E-state index contributed by atoms with van der Waals surface area (Å²) >= 11 is 0. The average molecular weight is 409 g/mol. The molecule has 1 fully saturated rings. The summed E-state index contributed by atoms with van der Waals surface area (Å²) in [6.45, 7) is -1.19. The lowest BCUT2D eigenvalue weighted by Crippen LogP contribution is -2.36. The third-order valence-corrected chi connectivity index (χ3v) is 3.81. The summed E-state index contributed by atoms with van der Waals surface area (Å²) in [4.78, 5) is 36.7. The van der Waals surface area contributed by atoms with Crippen LogP contribution in [-0.2, 0) is 9.59 Å². The summed E-state index contributed by atoms with van der Waals surface area (Å²) in [5.74, 6) is -2.68. The van der Waals surface area contributed by atoms with Crippen molar-refractivity contribution in [2.45, 2.75) is 12.6 Å². The molecule has 0 aliphatic carbocycles. The lowest BCUT2D eigenvalue weighted by Gasteiger charge is -2.18. The molecule has 1 aliphatic heterocycles. The van der Waals surface area contributed by atoms with E-state index in [1.165, 1.54) is 12.1 Å². The first-order valence-electron chi connectivity index (χ1n) is 7.94. The van der Waals surface area contributed by atoms with Crippen molar-refractivity contribution in [2.24, 2.45) is 11.7 Å². The van der Waals surface area contributed by atoms with E-state index in [9.17, 15) is 27.6 Å². The van der Waals surface area contributed by atoms with Gasteiger partial charge in [0.05, 0.1) is 17.2 Å².